The molecule has 1 aromatic rings. The molecule has 84 valence electrons. The molecular formula is C10H12F3NO. The normalized spacial score (nSPS) is 13.9. The fourth-order valence-electron chi connectivity index (χ4n) is 1.26. The van der Waals surface area contributed by atoms with Crippen molar-refractivity contribution in [1.29, 1.82) is 0 Å². The number of alkyl halides is 3. The summed E-state index contributed by atoms with van der Waals surface area (Å²) in [5, 5.41) is 9.01. The van der Waals surface area contributed by atoms with Crippen molar-refractivity contribution >= 4 is 0 Å². The molecule has 0 amide bonds. The molecule has 1 atom stereocenters. The monoisotopic (exact) mass is 219 g/mol. The average Bonchev–Trinajstić information content (AvgIpc) is 2.13. The van der Waals surface area contributed by atoms with Gasteiger partial charge in [-0.05, 0) is 31.4 Å². The molecule has 0 aliphatic carbocycles. The number of aryl methyl sites for hydroxylation is 1. The van der Waals surface area contributed by atoms with E-state index in [0.29, 0.717) is 6.42 Å². The molecule has 0 aromatic carbocycles. The van der Waals surface area contributed by atoms with Crippen LogP contribution in [0, 0.1) is 0 Å². The second-order valence-electron chi connectivity index (χ2n) is 3.42. The number of hydrogen-bond donors (Lipinski definition) is 1. The predicted octanol–water partition coefficient (Wildman–Crippen LogP) is 2.41. The van der Waals surface area contributed by atoms with E-state index < -0.39 is 17.8 Å². The zero-order chi connectivity index (χ0) is 11.5. The SMILES string of the molecule is CC(O)CCc1ccncc1C(F)(F)F. The summed E-state index contributed by atoms with van der Waals surface area (Å²) in [6.07, 6.45) is -2.31. The Kier molecular flexibility index (Phi) is 3.68. The number of aliphatic hydroxyl groups excluding tert-OH is 1. The van der Waals surface area contributed by atoms with Crippen LogP contribution in [0.4, 0.5) is 13.2 Å². The maximum absolute atomic E-state index is 12.5. The number of rotatable bonds is 3. The minimum absolute atomic E-state index is 0.179. The van der Waals surface area contributed by atoms with Crippen LogP contribution in [0.5, 0.6) is 0 Å². The van der Waals surface area contributed by atoms with Gasteiger partial charge in [-0.25, -0.2) is 0 Å². The minimum Gasteiger partial charge on any atom is -0.393 e. The van der Waals surface area contributed by atoms with Gasteiger partial charge in [0.05, 0.1) is 11.7 Å². The van der Waals surface area contributed by atoms with Gasteiger partial charge >= 0.3 is 6.18 Å². The van der Waals surface area contributed by atoms with Crippen LogP contribution >= 0.6 is 0 Å². The lowest BCUT2D eigenvalue weighted by Crippen LogP contribution is -2.11. The van der Waals surface area contributed by atoms with Crippen LogP contribution < -0.4 is 0 Å². The quantitative estimate of drug-likeness (QED) is 0.846. The minimum atomic E-state index is -4.37. The first-order valence-corrected chi connectivity index (χ1v) is 4.59. The summed E-state index contributed by atoms with van der Waals surface area (Å²) < 4.78 is 37.4. The molecule has 1 rings (SSSR count). The second kappa shape index (κ2) is 4.61. The Balaban J connectivity index is 2.87. The fraction of sp³-hybridized carbons (Fsp3) is 0.500. The molecule has 0 spiro atoms. The summed E-state index contributed by atoms with van der Waals surface area (Å²) in [5.74, 6) is 0. The van der Waals surface area contributed by atoms with Crippen molar-refractivity contribution in [2.45, 2.75) is 32.0 Å². The zero-order valence-corrected chi connectivity index (χ0v) is 8.25. The highest BCUT2D eigenvalue weighted by molar-refractivity contribution is 5.26. The third-order valence-electron chi connectivity index (χ3n) is 2.05. The largest absolute Gasteiger partial charge is 0.418 e. The highest BCUT2D eigenvalue weighted by Crippen LogP contribution is 2.31. The summed E-state index contributed by atoms with van der Waals surface area (Å²) in [7, 11) is 0. The molecule has 0 fully saturated rings. The second-order valence-corrected chi connectivity index (χ2v) is 3.42. The molecule has 15 heavy (non-hydrogen) atoms. The van der Waals surface area contributed by atoms with Gasteiger partial charge < -0.3 is 5.11 Å². The number of aliphatic hydroxyl groups is 1. The number of nitrogens with zero attached hydrogens (tertiary/aromatic N) is 1. The van der Waals surface area contributed by atoms with Crippen LogP contribution in [-0.2, 0) is 12.6 Å². The van der Waals surface area contributed by atoms with Crippen LogP contribution in [0.15, 0.2) is 18.5 Å². The summed E-state index contributed by atoms with van der Waals surface area (Å²) in [5.41, 5.74) is -0.538. The summed E-state index contributed by atoms with van der Waals surface area (Å²) in [4.78, 5) is 3.46. The molecule has 1 N–H and O–H groups in total. The van der Waals surface area contributed by atoms with Crippen LogP contribution in [0.25, 0.3) is 0 Å². The van der Waals surface area contributed by atoms with E-state index in [4.69, 9.17) is 5.11 Å². The Morgan fingerprint density at radius 3 is 2.67 bits per heavy atom. The van der Waals surface area contributed by atoms with Crippen molar-refractivity contribution < 1.29 is 18.3 Å². The predicted molar refractivity (Wildman–Crippen MR) is 49.2 cm³/mol. The Hall–Kier alpha value is -1.10. The van der Waals surface area contributed by atoms with E-state index in [0.717, 1.165) is 6.20 Å². The van der Waals surface area contributed by atoms with Crippen LogP contribution in [0.3, 0.4) is 0 Å². The number of aromatic nitrogens is 1. The van der Waals surface area contributed by atoms with Crippen molar-refractivity contribution in [3.05, 3.63) is 29.6 Å². The van der Waals surface area contributed by atoms with E-state index >= 15 is 0 Å². The highest BCUT2D eigenvalue weighted by Gasteiger charge is 2.33. The Labute approximate surface area is 85.8 Å². The molecule has 0 aliphatic heterocycles. The van der Waals surface area contributed by atoms with E-state index in [9.17, 15) is 13.2 Å². The fourth-order valence-corrected chi connectivity index (χ4v) is 1.26. The smallest absolute Gasteiger partial charge is 0.393 e. The van der Waals surface area contributed by atoms with Crippen molar-refractivity contribution in [3.63, 3.8) is 0 Å². The molecular weight excluding hydrogens is 207 g/mol. The van der Waals surface area contributed by atoms with Gasteiger partial charge in [-0.2, -0.15) is 13.2 Å². The summed E-state index contributed by atoms with van der Waals surface area (Å²) >= 11 is 0. The summed E-state index contributed by atoms with van der Waals surface area (Å²) in [6, 6.07) is 1.34. The molecule has 0 saturated carbocycles. The van der Waals surface area contributed by atoms with Crippen LogP contribution in [0.1, 0.15) is 24.5 Å². The lowest BCUT2D eigenvalue weighted by Gasteiger charge is -2.12. The van der Waals surface area contributed by atoms with E-state index in [1.165, 1.54) is 12.3 Å². The molecule has 0 radical (unpaired) electrons. The van der Waals surface area contributed by atoms with Gasteiger partial charge in [-0.15, -0.1) is 0 Å². The highest BCUT2D eigenvalue weighted by atomic mass is 19.4. The molecule has 1 heterocycles. The van der Waals surface area contributed by atoms with Gasteiger partial charge in [0.15, 0.2) is 0 Å². The van der Waals surface area contributed by atoms with Gasteiger partial charge in [0, 0.05) is 12.4 Å². The maximum atomic E-state index is 12.5. The zero-order valence-electron chi connectivity index (χ0n) is 8.25. The molecule has 0 bridgehead atoms. The van der Waals surface area contributed by atoms with Crippen molar-refractivity contribution in [1.82, 2.24) is 4.98 Å². The van der Waals surface area contributed by atoms with E-state index in [-0.39, 0.29) is 12.0 Å². The van der Waals surface area contributed by atoms with Crippen LogP contribution in [0.2, 0.25) is 0 Å². The first kappa shape index (κ1) is 12.0. The van der Waals surface area contributed by atoms with Crippen molar-refractivity contribution in [2.75, 3.05) is 0 Å². The standard InChI is InChI=1S/C10H12F3NO/c1-7(15)2-3-8-4-5-14-6-9(8)10(11,12)13/h4-7,15H,2-3H2,1H3. The van der Waals surface area contributed by atoms with Gasteiger partial charge in [0.2, 0.25) is 0 Å². The lowest BCUT2D eigenvalue weighted by atomic mass is 10.0. The third kappa shape index (κ3) is 3.51. The Morgan fingerprint density at radius 1 is 1.47 bits per heavy atom. The van der Waals surface area contributed by atoms with Gasteiger partial charge in [-0.1, -0.05) is 0 Å². The third-order valence-corrected chi connectivity index (χ3v) is 2.05. The van der Waals surface area contributed by atoms with Gasteiger partial charge in [0.25, 0.3) is 0 Å². The van der Waals surface area contributed by atoms with E-state index in [2.05, 4.69) is 4.98 Å². The van der Waals surface area contributed by atoms with Gasteiger partial charge in [0.1, 0.15) is 0 Å². The van der Waals surface area contributed by atoms with Gasteiger partial charge in [-0.3, -0.25) is 4.98 Å². The Bertz CT molecular complexity index is 323. The maximum Gasteiger partial charge on any atom is 0.418 e. The van der Waals surface area contributed by atoms with E-state index in [1.807, 2.05) is 0 Å². The lowest BCUT2D eigenvalue weighted by molar-refractivity contribution is -0.138. The molecule has 1 aromatic heterocycles. The molecule has 0 aliphatic rings. The number of pyridine rings is 1. The molecule has 1 unspecified atom stereocenters. The van der Waals surface area contributed by atoms with E-state index in [1.54, 1.807) is 6.92 Å². The number of hydrogen-bond acceptors (Lipinski definition) is 2. The van der Waals surface area contributed by atoms with Crippen molar-refractivity contribution in [2.24, 2.45) is 0 Å². The first-order valence-electron chi connectivity index (χ1n) is 4.59. The molecule has 5 heteroatoms. The molecule has 0 saturated heterocycles. The summed E-state index contributed by atoms with van der Waals surface area (Å²) in [6.45, 7) is 1.55. The Morgan fingerprint density at radius 2 is 2.13 bits per heavy atom. The first-order chi connectivity index (χ1) is 6.91. The topological polar surface area (TPSA) is 33.1 Å². The number of halogens is 3. The molecule has 2 nitrogen and oxygen atoms in total. The average molecular weight is 219 g/mol. The van der Waals surface area contributed by atoms with Crippen LogP contribution in [-0.4, -0.2) is 16.2 Å². The van der Waals surface area contributed by atoms with Crippen molar-refractivity contribution in [3.8, 4) is 0 Å².